The Morgan fingerprint density at radius 1 is 0.529 bits per heavy atom. The van der Waals surface area contributed by atoms with E-state index in [2.05, 4.69) is 4.74 Å². The van der Waals surface area contributed by atoms with E-state index in [1.165, 1.54) is 0 Å². The van der Waals surface area contributed by atoms with Gasteiger partial charge in [-0.25, -0.2) is 14.6 Å². The van der Waals surface area contributed by atoms with Gasteiger partial charge in [0.1, 0.15) is 30.3 Å². The van der Waals surface area contributed by atoms with E-state index in [1.54, 1.807) is 30.6 Å². The standard InChI is InChI=1S/C46H50N4O10.C5H11NO2/c1-33(47-25-41(51)49(42(52)26-47)31-59-45(55)23-17-35-13-19-39(20-14-35)57-29-37-9-5-3-6-10-37)34(2)48-27-43(53)50(44(54)28-48)32-60-46(56)24-18-36-15-21-40(22-16-36)58-30-38-11-7-4-8-12-38;1-5(2,3)8-4(6)7/h3-16,19-22,33-34H,17-18,23-32H2,1-2H3;1-3H3,(H2,6,7). The predicted molar refractivity (Wildman–Crippen MR) is 249 cm³/mol. The van der Waals surface area contributed by atoms with Gasteiger partial charge in [0, 0.05) is 24.9 Å². The lowest BCUT2D eigenvalue weighted by molar-refractivity contribution is -0.169. The van der Waals surface area contributed by atoms with Crippen molar-refractivity contribution in [1.29, 1.82) is 0 Å². The van der Waals surface area contributed by atoms with Crippen molar-refractivity contribution < 1.29 is 57.2 Å². The topological polar surface area (TPSA) is 205 Å². The van der Waals surface area contributed by atoms with Crippen molar-refractivity contribution >= 4 is 41.7 Å². The number of hydrogen-bond acceptors (Lipinski definition) is 14. The molecule has 362 valence electrons. The van der Waals surface area contributed by atoms with Crippen LogP contribution in [0.25, 0.3) is 0 Å². The zero-order chi connectivity index (χ0) is 49.2. The molecule has 4 aromatic rings. The molecule has 5 amide bonds. The highest BCUT2D eigenvalue weighted by Gasteiger charge is 2.40. The smallest absolute Gasteiger partial charge is 0.405 e. The molecule has 2 aliphatic rings. The molecule has 2 atom stereocenters. The minimum atomic E-state index is -0.725. The van der Waals surface area contributed by atoms with Gasteiger partial charge < -0.3 is 29.4 Å². The van der Waals surface area contributed by atoms with E-state index < -0.39 is 72.8 Å². The zero-order valence-electron chi connectivity index (χ0n) is 39.3. The average Bonchev–Trinajstić information content (AvgIpc) is 3.31. The maximum atomic E-state index is 13.1. The number of nitrogens with zero attached hydrogens (tertiary/aromatic N) is 4. The Kier molecular flexibility index (Phi) is 19.2. The Hall–Kier alpha value is -7.11. The van der Waals surface area contributed by atoms with Gasteiger partial charge in [0.15, 0.2) is 13.5 Å². The van der Waals surface area contributed by atoms with Crippen LogP contribution in [0.1, 0.15) is 69.7 Å². The molecule has 0 aromatic heterocycles. The molecule has 0 radical (unpaired) electrons. The highest BCUT2D eigenvalue weighted by molar-refractivity contribution is 6.00. The maximum absolute atomic E-state index is 13.1. The Morgan fingerprint density at radius 2 is 0.868 bits per heavy atom. The van der Waals surface area contributed by atoms with E-state index in [1.807, 2.05) is 123 Å². The van der Waals surface area contributed by atoms with Crippen LogP contribution in [0.3, 0.4) is 0 Å². The number of rotatable bonds is 19. The first-order valence-electron chi connectivity index (χ1n) is 22.4. The lowest BCUT2D eigenvalue weighted by atomic mass is 10.1. The molecule has 2 heterocycles. The highest BCUT2D eigenvalue weighted by Crippen LogP contribution is 2.20. The first-order chi connectivity index (χ1) is 32.4. The summed E-state index contributed by atoms with van der Waals surface area (Å²) in [5, 5.41) is 0. The molecule has 2 fully saturated rings. The molecular formula is C51H61N5O12. The minimum absolute atomic E-state index is 0.0656. The second-order valence-electron chi connectivity index (χ2n) is 17.4. The van der Waals surface area contributed by atoms with Crippen LogP contribution >= 0.6 is 0 Å². The van der Waals surface area contributed by atoms with Crippen molar-refractivity contribution in [3.63, 3.8) is 0 Å². The number of ether oxygens (including phenoxy) is 5. The summed E-state index contributed by atoms with van der Waals surface area (Å²) in [6.07, 6.45) is 0.232. The van der Waals surface area contributed by atoms with Gasteiger partial charge >= 0.3 is 18.0 Å². The second-order valence-corrected chi connectivity index (χ2v) is 17.4. The molecule has 2 aliphatic heterocycles. The summed E-state index contributed by atoms with van der Waals surface area (Å²) >= 11 is 0. The van der Waals surface area contributed by atoms with E-state index >= 15 is 0 Å². The molecule has 6 rings (SSSR count). The SMILES string of the molecule is CC(C(C)N1CC(=O)N(COC(=O)CCc2ccc(OCc3ccccc3)cc2)C(=O)C1)N1CC(=O)N(COC(=O)CCc2ccc(OCc3ccccc3)cc2)C(=O)C1.CC(C)(C)OC(N)=O. The fourth-order valence-electron chi connectivity index (χ4n) is 7.10. The third kappa shape index (κ3) is 17.0. The fourth-order valence-corrected chi connectivity index (χ4v) is 7.10. The number of esters is 2. The Bertz CT molecular complexity index is 2130. The Balaban J connectivity index is 0.000000989. The molecule has 0 spiro atoms. The van der Waals surface area contributed by atoms with Gasteiger partial charge in [-0.2, -0.15) is 0 Å². The van der Waals surface area contributed by atoms with Crippen LogP contribution < -0.4 is 15.2 Å². The van der Waals surface area contributed by atoms with E-state index in [0.717, 1.165) is 32.1 Å². The number of amides is 5. The fraction of sp³-hybridized carbons (Fsp3) is 0.392. The largest absolute Gasteiger partial charge is 0.489 e. The van der Waals surface area contributed by atoms with Gasteiger partial charge in [-0.15, -0.1) is 0 Å². The minimum Gasteiger partial charge on any atom is -0.489 e. The summed E-state index contributed by atoms with van der Waals surface area (Å²) in [6.45, 7) is 8.40. The van der Waals surface area contributed by atoms with Crippen LogP contribution in [0.5, 0.6) is 11.5 Å². The summed E-state index contributed by atoms with van der Waals surface area (Å²) in [4.78, 5) is 92.5. The Labute approximate surface area is 397 Å². The summed E-state index contributed by atoms with van der Waals surface area (Å²) in [5.74, 6) is -1.75. The van der Waals surface area contributed by atoms with Gasteiger partial charge in [-0.3, -0.25) is 38.6 Å². The van der Waals surface area contributed by atoms with Crippen LogP contribution in [0.4, 0.5) is 4.79 Å². The average molecular weight is 936 g/mol. The number of nitrogens with two attached hydrogens (primary N) is 1. The predicted octanol–water partition coefficient (Wildman–Crippen LogP) is 5.41. The quantitative estimate of drug-likeness (QED) is 0.0710. The first-order valence-corrected chi connectivity index (χ1v) is 22.4. The molecule has 4 aromatic carbocycles. The first kappa shape index (κ1) is 51.9. The summed E-state index contributed by atoms with van der Waals surface area (Å²) in [5.41, 5.74) is 8.20. The molecule has 68 heavy (non-hydrogen) atoms. The monoisotopic (exact) mass is 935 g/mol. The van der Waals surface area contributed by atoms with Gasteiger partial charge in [-0.05, 0) is 94.0 Å². The number of hydrogen-bond donors (Lipinski definition) is 1. The van der Waals surface area contributed by atoms with Gasteiger partial charge in [0.25, 0.3) is 0 Å². The molecule has 0 aliphatic carbocycles. The summed E-state index contributed by atoms with van der Waals surface area (Å²) in [6, 6.07) is 33.7. The van der Waals surface area contributed by atoms with Gasteiger partial charge in [0.2, 0.25) is 23.6 Å². The van der Waals surface area contributed by atoms with Crippen molar-refractivity contribution in [2.75, 3.05) is 39.6 Å². The van der Waals surface area contributed by atoms with Crippen molar-refractivity contribution in [3.8, 4) is 11.5 Å². The number of piperazine rings is 2. The molecule has 17 nitrogen and oxygen atoms in total. The van der Waals surface area contributed by atoms with Crippen LogP contribution in [-0.4, -0.2) is 119 Å². The summed E-state index contributed by atoms with van der Waals surface area (Å²) in [7, 11) is 0. The molecule has 0 bridgehead atoms. The lowest BCUT2D eigenvalue weighted by Gasteiger charge is -2.43. The van der Waals surface area contributed by atoms with Crippen LogP contribution in [0, 0.1) is 0 Å². The number of benzene rings is 4. The molecule has 17 heteroatoms. The van der Waals surface area contributed by atoms with Gasteiger partial charge in [0.05, 0.1) is 26.2 Å². The molecular weight excluding hydrogens is 875 g/mol. The van der Waals surface area contributed by atoms with Crippen molar-refractivity contribution in [1.82, 2.24) is 19.6 Å². The highest BCUT2D eigenvalue weighted by atomic mass is 16.6. The normalized spacial score (nSPS) is 15.4. The van der Waals surface area contributed by atoms with Crippen molar-refractivity contribution in [2.45, 2.75) is 91.2 Å². The van der Waals surface area contributed by atoms with Crippen molar-refractivity contribution in [3.05, 3.63) is 131 Å². The Morgan fingerprint density at radius 3 is 1.16 bits per heavy atom. The van der Waals surface area contributed by atoms with E-state index in [4.69, 9.17) is 24.7 Å². The number of carbonyl (C=O) groups is 7. The zero-order valence-corrected chi connectivity index (χ0v) is 39.3. The number of aryl methyl sites for hydroxylation is 2. The third-order valence-corrected chi connectivity index (χ3v) is 11.1. The molecule has 0 saturated carbocycles. The lowest BCUT2D eigenvalue weighted by Crippen LogP contribution is -2.63. The van der Waals surface area contributed by atoms with Crippen LogP contribution in [0.15, 0.2) is 109 Å². The van der Waals surface area contributed by atoms with Gasteiger partial charge in [-0.1, -0.05) is 84.9 Å². The summed E-state index contributed by atoms with van der Waals surface area (Å²) < 4.78 is 26.8. The van der Waals surface area contributed by atoms with E-state index in [-0.39, 0.29) is 39.0 Å². The number of imide groups is 2. The third-order valence-electron chi connectivity index (χ3n) is 11.1. The van der Waals surface area contributed by atoms with Crippen LogP contribution in [-0.2, 0) is 69.0 Å². The molecule has 2 N–H and O–H groups in total. The van der Waals surface area contributed by atoms with Crippen LogP contribution in [0.2, 0.25) is 0 Å². The number of carbonyl (C=O) groups excluding carboxylic acids is 7. The van der Waals surface area contributed by atoms with Crippen molar-refractivity contribution in [2.24, 2.45) is 5.73 Å². The van der Waals surface area contributed by atoms with E-state index in [0.29, 0.717) is 37.6 Å². The molecule has 2 unspecified atom stereocenters. The number of primary amides is 1. The second kappa shape index (κ2) is 25.1. The van der Waals surface area contributed by atoms with E-state index in [9.17, 15) is 33.6 Å². The maximum Gasteiger partial charge on any atom is 0.405 e. The molecule has 2 saturated heterocycles.